The average molecular weight is 556 g/mol. The van der Waals surface area contributed by atoms with Gasteiger partial charge in [-0.1, -0.05) is 57.5 Å². The van der Waals surface area contributed by atoms with Crippen LogP contribution in [0.2, 0.25) is 0 Å². The molecule has 2 saturated heterocycles. The number of hydrogen-bond donors (Lipinski definition) is 2. The summed E-state index contributed by atoms with van der Waals surface area (Å²) in [4.78, 5) is 41.5. The van der Waals surface area contributed by atoms with E-state index in [1.54, 1.807) is 77.5 Å². The van der Waals surface area contributed by atoms with E-state index >= 15 is 0 Å². The number of amides is 2. The third-order valence-electron chi connectivity index (χ3n) is 6.11. The van der Waals surface area contributed by atoms with Crippen LogP contribution in [0.1, 0.15) is 37.1 Å². The summed E-state index contributed by atoms with van der Waals surface area (Å²) in [6.07, 6.45) is 1.61. The second kappa shape index (κ2) is 9.12. The largest absolute Gasteiger partial charge is 0.426 e. The molecule has 2 aliphatic rings. The molecule has 2 aromatic carbocycles. The highest BCUT2D eigenvalue weighted by molar-refractivity contribution is 9.10. The van der Waals surface area contributed by atoms with Gasteiger partial charge in [0.1, 0.15) is 17.2 Å². The van der Waals surface area contributed by atoms with Gasteiger partial charge in [-0.05, 0) is 37.6 Å². The fourth-order valence-corrected chi connectivity index (χ4v) is 6.60. The summed E-state index contributed by atoms with van der Waals surface area (Å²) in [5, 5.41) is 13.0. The molecule has 1 aromatic heterocycles. The quantitative estimate of drug-likeness (QED) is 0.207. The van der Waals surface area contributed by atoms with Crippen LogP contribution in [0.25, 0.3) is 0 Å². The molecule has 180 valence electrons. The Hall–Kier alpha value is -3.18. The number of benzene rings is 2. The highest BCUT2D eigenvalue weighted by atomic mass is 79.9. The predicted octanol–water partition coefficient (Wildman–Crippen LogP) is 3.18. The molecule has 3 heterocycles. The minimum absolute atomic E-state index is 0.215. The first-order chi connectivity index (χ1) is 16.8. The number of β-lactam (4-membered cyclic amide) rings is 1. The van der Waals surface area contributed by atoms with Gasteiger partial charge in [-0.2, -0.15) is 0 Å². The number of fused-ring (bicyclic) bond motifs is 1. The maximum Gasteiger partial charge on any atom is 0.328 e. The normalized spacial score (nSPS) is 23.2. The van der Waals surface area contributed by atoms with Crippen LogP contribution in [0, 0.1) is 0 Å². The van der Waals surface area contributed by atoms with Crippen LogP contribution in [0.5, 0.6) is 5.75 Å². The zero-order valence-electron chi connectivity index (χ0n) is 18.8. The van der Waals surface area contributed by atoms with Crippen LogP contribution in [0.3, 0.4) is 0 Å². The maximum atomic E-state index is 13.4. The molecule has 35 heavy (non-hydrogen) atoms. The molecule has 11 heteroatoms. The number of halogens is 1. The number of nitrogens with one attached hydrogen (secondary N) is 2. The van der Waals surface area contributed by atoms with Gasteiger partial charge in [0.2, 0.25) is 11.8 Å². The summed E-state index contributed by atoms with van der Waals surface area (Å²) in [6.45, 7) is 4.07. The Morgan fingerprint density at radius 1 is 1.20 bits per heavy atom. The molecule has 9 nitrogen and oxygen atoms in total. The minimum Gasteiger partial charge on any atom is -0.426 e. The molecule has 0 radical (unpaired) electrons. The van der Waals surface area contributed by atoms with E-state index in [0.717, 1.165) is 10.2 Å². The summed E-state index contributed by atoms with van der Waals surface area (Å²) in [7, 11) is 0. The lowest BCUT2D eigenvalue weighted by atomic mass is 9.93. The number of carbonyl (C=O) groups excluding carboxylic acids is 3. The summed E-state index contributed by atoms with van der Waals surface area (Å²) in [6, 6.07) is 14.5. The van der Waals surface area contributed by atoms with Crippen molar-refractivity contribution >= 4 is 45.5 Å². The SMILES string of the molecule is CC1(C)SC2C(NC(=O)C(C(=O)Oc3cccc(Br)c3)c3ccccc3)C(=O)N2C1c1cnn[nH]1. The summed E-state index contributed by atoms with van der Waals surface area (Å²) >= 11 is 4.94. The van der Waals surface area contributed by atoms with Crippen LogP contribution in [0.15, 0.2) is 65.3 Å². The van der Waals surface area contributed by atoms with Crippen molar-refractivity contribution in [3.63, 3.8) is 0 Å². The fourth-order valence-electron chi connectivity index (χ4n) is 4.57. The van der Waals surface area contributed by atoms with E-state index < -0.39 is 23.8 Å². The van der Waals surface area contributed by atoms with Crippen molar-refractivity contribution in [3.8, 4) is 5.75 Å². The monoisotopic (exact) mass is 555 g/mol. The summed E-state index contributed by atoms with van der Waals surface area (Å²) in [5.74, 6) is -2.44. The van der Waals surface area contributed by atoms with Crippen LogP contribution in [-0.2, 0) is 14.4 Å². The van der Waals surface area contributed by atoms with E-state index in [1.807, 2.05) is 13.8 Å². The van der Waals surface area contributed by atoms with Crippen molar-refractivity contribution in [1.29, 1.82) is 0 Å². The molecule has 5 rings (SSSR count). The minimum atomic E-state index is -1.23. The lowest BCUT2D eigenvalue weighted by molar-refractivity contribution is -0.153. The first-order valence-electron chi connectivity index (χ1n) is 10.9. The molecular weight excluding hydrogens is 534 g/mol. The Kier molecular flexibility index (Phi) is 6.14. The van der Waals surface area contributed by atoms with Gasteiger partial charge in [0.25, 0.3) is 0 Å². The third kappa shape index (κ3) is 4.34. The van der Waals surface area contributed by atoms with Crippen molar-refractivity contribution in [2.75, 3.05) is 0 Å². The lowest BCUT2D eigenvalue weighted by Gasteiger charge is -2.44. The molecule has 0 spiro atoms. The number of rotatable bonds is 6. The van der Waals surface area contributed by atoms with Crippen molar-refractivity contribution in [2.45, 2.75) is 42.0 Å². The standard InChI is InChI=1S/C24H22BrN5O4S/c1-24(2)19(16-12-26-29-28-16)30-21(32)18(22(30)35-24)27-20(31)17(13-7-4-3-5-8-13)23(33)34-15-10-6-9-14(25)11-15/h3-12,17-19,22H,1-2H3,(H,27,31)(H,26,28,29). The second-order valence-corrected chi connectivity index (χ2v) is 11.6. The molecule has 2 N–H and O–H groups in total. The number of aromatic amines is 1. The van der Waals surface area contributed by atoms with E-state index in [4.69, 9.17) is 4.74 Å². The Bertz CT molecular complexity index is 1270. The predicted molar refractivity (Wildman–Crippen MR) is 132 cm³/mol. The number of nitrogens with zero attached hydrogens (tertiary/aromatic N) is 3. The first kappa shape index (κ1) is 23.6. The third-order valence-corrected chi connectivity index (χ3v) is 8.18. The van der Waals surface area contributed by atoms with E-state index in [9.17, 15) is 14.4 Å². The van der Waals surface area contributed by atoms with E-state index in [1.165, 1.54) is 0 Å². The molecule has 2 fully saturated rings. The molecule has 4 atom stereocenters. The van der Waals surface area contributed by atoms with Gasteiger partial charge >= 0.3 is 5.97 Å². The van der Waals surface area contributed by atoms with Gasteiger partial charge in [-0.15, -0.1) is 16.9 Å². The Morgan fingerprint density at radius 3 is 2.66 bits per heavy atom. The van der Waals surface area contributed by atoms with Gasteiger partial charge in [0.15, 0.2) is 5.92 Å². The van der Waals surface area contributed by atoms with Crippen molar-refractivity contribution in [1.82, 2.24) is 25.6 Å². The Balaban J connectivity index is 1.36. The molecule has 4 unspecified atom stereocenters. The number of hydrogen-bond acceptors (Lipinski definition) is 7. The molecule has 0 saturated carbocycles. The van der Waals surface area contributed by atoms with Crippen LogP contribution in [-0.4, -0.2) is 54.3 Å². The zero-order chi connectivity index (χ0) is 24.7. The average Bonchev–Trinajstić information content (AvgIpc) is 3.42. The number of H-pyrrole nitrogens is 1. The number of ether oxygens (including phenoxy) is 1. The van der Waals surface area contributed by atoms with E-state index in [0.29, 0.717) is 11.3 Å². The summed E-state index contributed by atoms with van der Waals surface area (Å²) in [5.41, 5.74) is 1.22. The van der Waals surface area contributed by atoms with Gasteiger partial charge in [-0.25, -0.2) is 0 Å². The lowest BCUT2D eigenvalue weighted by Crippen LogP contribution is -2.68. The number of aromatic nitrogens is 3. The van der Waals surface area contributed by atoms with Gasteiger partial charge in [0, 0.05) is 9.22 Å². The first-order valence-corrected chi connectivity index (χ1v) is 12.6. The second-order valence-electron chi connectivity index (χ2n) is 8.88. The van der Waals surface area contributed by atoms with Crippen molar-refractivity contribution < 1.29 is 19.1 Å². The number of thioether (sulfide) groups is 1. The Morgan fingerprint density at radius 2 is 1.97 bits per heavy atom. The van der Waals surface area contributed by atoms with E-state index in [2.05, 4.69) is 36.7 Å². The molecule has 0 bridgehead atoms. The number of esters is 1. The molecular formula is C24H22BrN5O4S. The number of carbonyl (C=O) groups is 3. The molecule has 0 aliphatic carbocycles. The van der Waals surface area contributed by atoms with Crippen LogP contribution >= 0.6 is 27.7 Å². The highest BCUT2D eigenvalue weighted by Crippen LogP contribution is 2.56. The van der Waals surface area contributed by atoms with Crippen molar-refractivity contribution in [2.24, 2.45) is 0 Å². The van der Waals surface area contributed by atoms with Crippen molar-refractivity contribution in [3.05, 3.63) is 76.5 Å². The van der Waals surface area contributed by atoms with E-state index in [-0.39, 0.29) is 22.1 Å². The van der Waals surface area contributed by atoms with Crippen LogP contribution < -0.4 is 10.1 Å². The molecule has 2 amide bonds. The van der Waals surface area contributed by atoms with Gasteiger partial charge < -0.3 is 15.0 Å². The molecule has 3 aromatic rings. The van der Waals surface area contributed by atoms with Gasteiger partial charge in [0.05, 0.1) is 17.9 Å². The smallest absolute Gasteiger partial charge is 0.328 e. The topological polar surface area (TPSA) is 117 Å². The zero-order valence-corrected chi connectivity index (χ0v) is 21.2. The summed E-state index contributed by atoms with van der Waals surface area (Å²) < 4.78 is 5.95. The highest BCUT2D eigenvalue weighted by Gasteiger charge is 2.62. The van der Waals surface area contributed by atoms with Gasteiger partial charge in [-0.3, -0.25) is 19.5 Å². The maximum absolute atomic E-state index is 13.4. The fraction of sp³-hybridized carbons (Fsp3) is 0.292. The Labute approximate surface area is 214 Å². The molecule has 2 aliphatic heterocycles. The van der Waals surface area contributed by atoms with Crippen LogP contribution in [0.4, 0.5) is 0 Å².